The molecule has 3 heteroatoms. The number of nitrogen functional groups attached to an aromatic ring is 1. The summed E-state index contributed by atoms with van der Waals surface area (Å²) in [5.41, 5.74) is 7.70. The number of ether oxygens (including phenoxy) is 2. The highest BCUT2D eigenvalue weighted by Gasteiger charge is 2.15. The van der Waals surface area contributed by atoms with E-state index in [-0.39, 0.29) is 0 Å². The second-order valence-electron chi connectivity index (χ2n) is 4.01. The van der Waals surface area contributed by atoms with Gasteiger partial charge < -0.3 is 15.2 Å². The molecule has 2 aromatic rings. The van der Waals surface area contributed by atoms with Crippen molar-refractivity contribution in [3.05, 3.63) is 48.0 Å². The van der Waals surface area contributed by atoms with Crippen LogP contribution in [0.3, 0.4) is 0 Å². The Kier molecular flexibility index (Phi) is 2.37. The van der Waals surface area contributed by atoms with E-state index in [9.17, 15) is 0 Å². The van der Waals surface area contributed by atoms with Crippen molar-refractivity contribution >= 4 is 5.69 Å². The van der Waals surface area contributed by atoms with E-state index < -0.39 is 0 Å². The van der Waals surface area contributed by atoms with Crippen LogP contribution in [0, 0.1) is 0 Å². The van der Waals surface area contributed by atoms with Crippen LogP contribution in [0.2, 0.25) is 0 Å². The van der Waals surface area contributed by atoms with Crippen molar-refractivity contribution in [2.24, 2.45) is 0 Å². The first-order chi connectivity index (χ1) is 8.33. The minimum atomic E-state index is 0.606. The van der Waals surface area contributed by atoms with Gasteiger partial charge in [0.2, 0.25) is 0 Å². The number of fused-ring (bicyclic) bond motifs is 1. The SMILES string of the molecule is Nc1cc2c(cc1Oc1ccccc1)CCO2. The van der Waals surface area contributed by atoms with Crippen LogP contribution in [0.1, 0.15) is 5.56 Å². The van der Waals surface area contributed by atoms with Gasteiger partial charge in [0.05, 0.1) is 12.3 Å². The van der Waals surface area contributed by atoms with Gasteiger partial charge in [0.25, 0.3) is 0 Å². The highest BCUT2D eigenvalue weighted by Crippen LogP contribution is 2.36. The Morgan fingerprint density at radius 3 is 2.76 bits per heavy atom. The number of benzene rings is 2. The maximum Gasteiger partial charge on any atom is 0.150 e. The zero-order valence-electron chi connectivity index (χ0n) is 9.35. The molecular formula is C14H13NO2. The van der Waals surface area contributed by atoms with Crippen LogP contribution in [0.5, 0.6) is 17.2 Å². The van der Waals surface area contributed by atoms with Gasteiger partial charge in [-0.3, -0.25) is 0 Å². The molecular weight excluding hydrogens is 214 g/mol. The lowest BCUT2D eigenvalue weighted by atomic mass is 10.1. The second kappa shape index (κ2) is 4.01. The van der Waals surface area contributed by atoms with E-state index >= 15 is 0 Å². The van der Waals surface area contributed by atoms with Gasteiger partial charge >= 0.3 is 0 Å². The van der Waals surface area contributed by atoms with Crippen LogP contribution in [-0.4, -0.2) is 6.61 Å². The molecule has 0 spiro atoms. The summed E-state index contributed by atoms with van der Waals surface area (Å²) in [5.74, 6) is 2.36. The Morgan fingerprint density at radius 1 is 1.12 bits per heavy atom. The molecule has 0 aromatic heterocycles. The third-order valence-electron chi connectivity index (χ3n) is 2.79. The number of anilines is 1. The Morgan fingerprint density at radius 2 is 1.94 bits per heavy atom. The maximum absolute atomic E-state index is 5.94. The van der Waals surface area contributed by atoms with E-state index in [0.717, 1.165) is 30.1 Å². The first-order valence-corrected chi connectivity index (χ1v) is 5.61. The number of hydrogen-bond donors (Lipinski definition) is 1. The lowest BCUT2D eigenvalue weighted by Gasteiger charge is -2.10. The molecule has 0 radical (unpaired) electrons. The number of rotatable bonds is 2. The van der Waals surface area contributed by atoms with Gasteiger partial charge in [-0.1, -0.05) is 18.2 Å². The summed E-state index contributed by atoms with van der Waals surface area (Å²) < 4.78 is 11.2. The van der Waals surface area contributed by atoms with Crippen LogP contribution in [0.15, 0.2) is 42.5 Å². The van der Waals surface area contributed by atoms with Gasteiger partial charge in [-0.2, -0.15) is 0 Å². The molecule has 0 fully saturated rings. The van der Waals surface area contributed by atoms with Gasteiger partial charge in [0.1, 0.15) is 11.5 Å². The number of nitrogens with two attached hydrogens (primary N) is 1. The predicted octanol–water partition coefficient (Wildman–Crippen LogP) is 3.00. The van der Waals surface area contributed by atoms with E-state index in [1.807, 2.05) is 42.5 Å². The fourth-order valence-electron chi connectivity index (χ4n) is 1.92. The first kappa shape index (κ1) is 10.0. The van der Waals surface area contributed by atoms with Crippen molar-refractivity contribution in [3.8, 4) is 17.2 Å². The normalized spacial score (nSPS) is 12.9. The molecule has 0 amide bonds. The average molecular weight is 227 g/mol. The zero-order chi connectivity index (χ0) is 11.7. The van der Waals surface area contributed by atoms with Gasteiger partial charge in [0.15, 0.2) is 5.75 Å². The van der Waals surface area contributed by atoms with Crippen molar-refractivity contribution in [3.63, 3.8) is 0 Å². The minimum absolute atomic E-state index is 0.606. The Bertz CT molecular complexity index is 537. The number of para-hydroxylation sites is 1. The minimum Gasteiger partial charge on any atom is -0.493 e. The van der Waals surface area contributed by atoms with Gasteiger partial charge in [-0.05, 0) is 18.2 Å². The molecule has 17 heavy (non-hydrogen) atoms. The molecule has 0 aliphatic carbocycles. The van der Waals surface area contributed by atoms with Gasteiger partial charge in [0, 0.05) is 18.1 Å². The van der Waals surface area contributed by atoms with Crippen LogP contribution in [0.4, 0.5) is 5.69 Å². The standard InChI is InChI=1S/C14H13NO2/c15-12-9-13-10(6-7-16-13)8-14(12)17-11-4-2-1-3-5-11/h1-5,8-9H,6-7,15H2. The molecule has 86 valence electrons. The Balaban J connectivity index is 1.93. The lowest BCUT2D eigenvalue weighted by molar-refractivity contribution is 0.357. The van der Waals surface area contributed by atoms with Crippen molar-refractivity contribution in [2.45, 2.75) is 6.42 Å². The van der Waals surface area contributed by atoms with Crippen LogP contribution in [0.25, 0.3) is 0 Å². The summed E-state index contributed by atoms with van der Waals surface area (Å²) in [5, 5.41) is 0. The molecule has 0 atom stereocenters. The summed E-state index contributed by atoms with van der Waals surface area (Å²) in [7, 11) is 0. The van der Waals surface area contributed by atoms with Crippen LogP contribution in [-0.2, 0) is 6.42 Å². The van der Waals surface area contributed by atoms with Crippen molar-refractivity contribution in [2.75, 3.05) is 12.3 Å². The van der Waals surface area contributed by atoms with E-state index in [1.54, 1.807) is 0 Å². The Labute approximate surface area is 99.8 Å². The van der Waals surface area contributed by atoms with Crippen LogP contribution >= 0.6 is 0 Å². The Hall–Kier alpha value is -2.16. The molecule has 3 nitrogen and oxygen atoms in total. The summed E-state index contributed by atoms with van der Waals surface area (Å²) in [4.78, 5) is 0. The highest BCUT2D eigenvalue weighted by molar-refractivity contribution is 5.61. The third-order valence-corrected chi connectivity index (χ3v) is 2.79. The van der Waals surface area contributed by atoms with E-state index in [4.69, 9.17) is 15.2 Å². The quantitative estimate of drug-likeness (QED) is 0.802. The third kappa shape index (κ3) is 1.91. The van der Waals surface area contributed by atoms with Crippen molar-refractivity contribution in [1.29, 1.82) is 0 Å². The molecule has 1 aliphatic rings. The largest absolute Gasteiger partial charge is 0.493 e. The van der Waals surface area contributed by atoms with Crippen molar-refractivity contribution in [1.82, 2.24) is 0 Å². The molecule has 1 heterocycles. The summed E-state index contributed by atoms with van der Waals surface area (Å²) in [6, 6.07) is 13.4. The summed E-state index contributed by atoms with van der Waals surface area (Å²) in [6.07, 6.45) is 0.917. The van der Waals surface area contributed by atoms with Crippen LogP contribution < -0.4 is 15.2 Å². The number of hydrogen-bond acceptors (Lipinski definition) is 3. The lowest BCUT2D eigenvalue weighted by Crippen LogP contribution is -1.93. The fourth-order valence-corrected chi connectivity index (χ4v) is 1.92. The molecule has 3 rings (SSSR count). The summed E-state index contributed by atoms with van der Waals surface area (Å²) >= 11 is 0. The molecule has 2 N–H and O–H groups in total. The molecule has 0 bridgehead atoms. The first-order valence-electron chi connectivity index (χ1n) is 5.61. The smallest absolute Gasteiger partial charge is 0.150 e. The molecule has 0 unspecified atom stereocenters. The van der Waals surface area contributed by atoms with Gasteiger partial charge in [-0.25, -0.2) is 0 Å². The topological polar surface area (TPSA) is 44.5 Å². The highest BCUT2D eigenvalue weighted by atomic mass is 16.5. The average Bonchev–Trinajstić information content (AvgIpc) is 2.78. The van der Waals surface area contributed by atoms with Crippen molar-refractivity contribution < 1.29 is 9.47 Å². The monoisotopic (exact) mass is 227 g/mol. The molecule has 0 saturated heterocycles. The molecule has 0 saturated carbocycles. The maximum atomic E-state index is 5.94. The van der Waals surface area contributed by atoms with E-state index in [2.05, 4.69) is 0 Å². The zero-order valence-corrected chi connectivity index (χ0v) is 9.35. The van der Waals surface area contributed by atoms with Gasteiger partial charge in [-0.15, -0.1) is 0 Å². The summed E-state index contributed by atoms with van der Waals surface area (Å²) in [6.45, 7) is 0.726. The second-order valence-corrected chi connectivity index (χ2v) is 4.01. The predicted molar refractivity (Wildman–Crippen MR) is 66.6 cm³/mol. The fraction of sp³-hybridized carbons (Fsp3) is 0.143. The molecule has 2 aromatic carbocycles. The molecule has 1 aliphatic heterocycles. The van der Waals surface area contributed by atoms with E-state index in [1.165, 1.54) is 0 Å². The van der Waals surface area contributed by atoms with E-state index in [0.29, 0.717) is 11.4 Å².